The number of rotatable bonds is 10. The largest absolute Gasteiger partial charge is 0.493 e. The standard InChI is InChI=1S/C21H28N2O7S2/c1-6-18(15-7-10-17(11-8-15)31(4,25)26)22-21(24)14-23(32(5,27)28)16-9-12-19(29-2)20(13-16)30-3/h7-13,18H,6,14H2,1-5H3,(H,22,24). The van der Waals surface area contributed by atoms with E-state index in [9.17, 15) is 21.6 Å². The van der Waals surface area contributed by atoms with E-state index in [1.807, 2.05) is 6.92 Å². The maximum absolute atomic E-state index is 12.8. The molecule has 1 amide bonds. The van der Waals surface area contributed by atoms with Gasteiger partial charge in [-0.15, -0.1) is 0 Å². The summed E-state index contributed by atoms with van der Waals surface area (Å²) in [5.74, 6) is 0.249. The fourth-order valence-corrected chi connectivity index (χ4v) is 4.60. The van der Waals surface area contributed by atoms with Crippen LogP contribution in [0.5, 0.6) is 11.5 Å². The molecule has 0 aliphatic rings. The first-order chi connectivity index (χ1) is 14.9. The fraction of sp³-hybridized carbons (Fsp3) is 0.381. The maximum Gasteiger partial charge on any atom is 0.241 e. The molecule has 0 heterocycles. The number of sulfonamides is 1. The number of methoxy groups -OCH3 is 2. The molecule has 0 bridgehead atoms. The molecule has 1 unspecified atom stereocenters. The van der Waals surface area contributed by atoms with Crippen molar-refractivity contribution in [2.75, 3.05) is 37.6 Å². The second-order valence-corrected chi connectivity index (χ2v) is 11.1. The number of hydrogen-bond acceptors (Lipinski definition) is 7. The molecular formula is C21H28N2O7S2. The first-order valence-electron chi connectivity index (χ1n) is 9.69. The molecule has 0 aliphatic heterocycles. The van der Waals surface area contributed by atoms with E-state index < -0.39 is 38.4 Å². The van der Waals surface area contributed by atoms with E-state index in [1.165, 1.54) is 38.5 Å². The van der Waals surface area contributed by atoms with Crippen LogP contribution in [-0.2, 0) is 24.7 Å². The Morgan fingerprint density at radius 1 is 0.969 bits per heavy atom. The van der Waals surface area contributed by atoms with Crippen molar-refractivity contribution in [3.8, 4) is 11.5 Å². The molecule has 9 nitrogen and oxygen atoms in total. The molecule has 32 heavy (non-hydrogen) atoms. The van der Waals surface area contributed by atoms with Crippen molar-refractivity contribution in [1.29, 1.82) is 0 Å². The van der Waals surface area contributed by atoms with Crippen LogP contribution >= 0.6 is 0 Å². The van der Waals surface area contributed by atoms with Gasteiger partial charge in [-0.2, -0.15) is 0 Å². The van der Waals surface area contributed by atoms with Gasteiger partial charge < -0.3 is 14.8 Å². The summed E-state index contributed by atoms with van der Waals surface area (Å²) in [6, 6.07) is 10.4. The van der Waals surface area contributed by atoms with Crippen molar-refractivity contribution >= 4 is 31.5 Å². The van der Waals surface area contributed by atoms with Crippen LogP contribution in [0.15, 0.2) is 47.4 Å². The second-order valence-electron chi connectivity index (χ2n) is 7.18. The van der Waals surface area contributed by atoms with E-state index in [0.717, 1.165) is 16.8 Å². The van der Waals surface area contributed by atoms with Gasteiger partial charge in [-0.25, -0.2) is 16.8 Å². The van der Waals surface area contributed by atoms with Gasteiger partial charge in [-0.1, -0.05) is 19.1 Å². The van der Waals surface area contributed by atoms with E-state index in [2.05, 4.69) is 5.32 Å². The fourth-order valence-electron chi connectivity index (χ4n) is 3.12. The monoisotopic (exact) mass is 484 g/mol. The number of nitrogens with one attached hydrogen (secondary N) is 1. The Kier molecular flexibility index (Phi) is 8.13. The van der Waals surface area contributed by atoms with Crippen LogP contribution in [0.4, 0.5) is 5.69 Å². The van der Waals surface area contributed by atoms with E-state index in [4.69, 9.17) is 9.47 Å². The first-order valence-corrected chi connectivity index (χ1v) is 13.4. The van der Waals surface area contributed by atoms with E-state index in [1.54, 1.807) is 18.2 Å². The predicted molar refractivity (Wildman–Crippen MR) is 122 cm³/mol. The van der Waals surface area contributed by atoms with Gasteiger partial charge in [-0.05, 0) is 36.2 Å². The Bertz CT molecular complexity index is 1160. The quantitative estimate of drug-likeness (QED) is 0.549. The molecule has 0 aliphatic carbocycles. The van der Waals surface area contributed by atoms with Gasteiger partial charge in [0.15, 0.2) is 21.3 Å². The number of hydrogen-bond donors (Lipinski definition) is 1. The maximum atomic E-state index is 12.8. The van der Waals surface area contributed by atoms with Crippen LogP contribution < -0.4 is 19.1 Å². The number of benzene rings is 2. The van der Waals surface area contributed by atoms with Crippen LogP contribution in [0, 0.1) is 0 Å². The highest BCUT2D eigenvalue weighted by Gasteiger charge is 2.24. The zero-order chi connectivity index (χ0) is 24.1. The van der Waals surface area contributed by atoms with Gasteiger partial charge in [0.25, 0.3) is 0 Å². The lowest BCUT2D eigenvalue weighted by atomic mass is 10.0. The van der Waals surface area contributed by atoms with Crippen molar-refractivity contribution in [2.24, 2.45) is 0 Å². The predicted octanol–water partition coefficient (Wildman–Crippen LogP) is 2.14. The molecule has 176 valence electrons. The minimum Gasteiger partial charge on any atom is -0.493 e. The molecule has 0 fully saturated rings. The molecule has 1 atom stereocenters. The zero-order valence-electron chi connectivity index (χ0n) is 18.7. The Labute approximate surface area is 189 Å². The number of carbonyl (C=O) groups is 1. The van der Waals surface area contributed by atoms with Gasteiger partial charge in [-0.3, -0.25) is 9.10 Å². The van der Waals surface area contributed by atoms with Crippen LogP contribution in [0.25, 0.3) is 0 Å². The summed E-state index contributed by atoms with van der Waals surface area (Å²) >= 11 is 0. The lowest BCUT2D eigenvalue weighted by Crippen LogP contribution is -2.41. The molecule has 2 aromatic rings. The van der Waals surface area contributed by atoms with Gasteiger partial charge in [0.2, 0.25) is 15.9 Å². The molecule has 0 radical (unpaired) electrons. The molecule has 0 spiro atoms. The summed E-state index contributed by atoms with van der Waals surface area (Å²) in [4.78, 5) is 12.9. The summed E-state index contributed by atoms with van der Waals surface area (Å²) in [5.41, 5.74) is 0.969. The molecular weight excluding hydrogens is 456 g/mol. The van der Waals surface area contributed by atoms with Crippen LogP contribution in [0.1, 0.15) is 24.9 Å². The van der Waals surface area contributed by atoms with Crippen LogP contribution in [-0.4, -0.2) is 56.0 Å². The zero-order valence-corrected chi connectivity index (χ0v) is 20.3. The van der Waals surface area contributed by atoms with Gasteiger partial charge >= 0.3 is 0 Å². The van der Waals surface area contributed by atoms with Crippen molar-refractivity contribution in [3.63, 3.8) is 0 Å². The lowest BCUT2D eigenvalue weighted by molar-refractivity contribution is -0.120. The van der Waals surface area contributed by atoms with E-state index >= 15 is 0 Å². The summed E-state index contributed by atoms with van der Waals surface area (Å²) in [6.07, 6.45) is 2.66. The van der Waals surface area contributed by atoms with Gasteiger partial charge in [0, 0.05) is 12.3 Å². The number of carbonyl (C=O) groups excluding carboxylic acids is 1. The second kappa shape index (κ2) is 10.2. The number of sulfone groups is 1. The molecule has 11 heteroatoms. The van der Waals surface area contributed by atoms with E-state index in [0.29, 0.717) is 23.5 Å². The van der Waals surface area contributed by atoms with Crippen molar-refractivity contribution < 1.29 is 31.1 Å². The summed E-state index contributed by atoms with van der Waals surface area (Å²) in [6.45, 7) is 1.42. The number of amides is 1. The first kappa shape index (κ1) is 25.5. The van der Waals surface area contributed by atoms with E-state index in [-0.39, 0.29) is 10.6 Å². The summed E-state index contributed by atoms with van der Waals surface area (Å²) in [7, 11) is -4.21. The lowest BCUT2D eigenvalue weighted by Gasteiger charge is -2.25. The third-order valence-electron chi connectivity index (χ3n) is 4.80. The minimum atomic E-state index is -3.78. The molecule has 0 saturated carbocycles. The average Bonchev–Trinajstić information content (AvgIpc) is 2.74. The Balaban J connectivity index is 2.25. The van der Waals surface area contributed by atoms with Crippen molar-refractivity contribution in [3.05, 3.63) is 48.0 Å². The highest BCUT2D eigenvalue weighted by molar-refractivity contribution is 7.92. The Morgan fingerprint density at radius 3 is 2.03 bits per heavy atom. The molecule has 0 saturated heterocycles. The summed E-state index contributed by atoms with van der Waals surface area (Å²) in [5, 5.41) is 2.81. The Hall–Kier alpha value is -2.79. The van der Waals surface area contributed by atoms with Crippen molar-refractivity contribution in [1.82, 2.24) is 5.32 Å². The molecule has 1 N–H and O–H groups in total. The molecule has 2 aromatic carbocycles. The number of ether oxygens (including phenoxy) is 2. The molecule has 2 rings (SSSR count). The van der Waals surface area contributed by atoms with Crippen molar-refractivity contribution in [2.45, 2.75) is 24.3 Å². The summed E-state index contributed by atoms with van der Waals surface area (Å²) < 4.78 is 59.5. The highest BCUT2D eigenvalue weighted by atomic mass is 32.2. The van der Waals surface area contributed by atoms with Crippen LogP contribution in [0.2, 0.25) is 0 Å². The smallest absolute Gasteiger partial charge is 0.241 e. The van der Waals surface area contributed by atoms with Crippen LogP contribution in [0.3, 0.4) is 0 Å². The third kappa shape index (κ3) is 6.36. The minimum absolute atomic E-state index is 0.180. The normalized spacial score (nSPS) is 12.7. The van der Waals surface area contributed by atoms with Gasteiger partial charge in [0.05, 0.1) is 37.1 Å². The number of nitrogens with zero attached hydrogens (tertiary/aromatic N) is 1. The number of anilines is 1. The highest BCUT2D eigenvalue weighted by Crippen LogP contribution is 2.32. The SMILES string of the molecule is CCC(NC(=O)CN(c1ccc(OC)c(OC)c1)S(C)(=O)=O)c1ccc(S(C)(=O)=O)cc1. The molecule has 0 aromatic heterocycles. The van der Waals surface area contributed by atoms with Gasteiger partial charge in [0.1, 0.15) is 6.54 Å². The average molecular weight is 485 g/mol. The topological polar surface area (TPSA) is 119 Å². The Morgan fingerprint density at radius 2 is 1.56 bits per heavy atom. The third-order valence-corrected chi connectivity index (χ3v) is 7.07.